The number of halogens is 3. The molecule has 0 bridgehead atoms. The second kappa shape index (κ2) is 10.3. The summed E-state index contributed by atoms with van der Waals surface area (Å²) < 4.78 is 12.9. The molecule has 4 rings (SSSR count). The highest BCUT2D eigenvalue weighted by Gasteiger charge is 2.16. The summed E-state index contributed by atoms with van der Waals surface area (Å²) in [7, 11) is 0. The molecule has 0 aliphatic rings. The summed E-state index contributed by atoms with van der Waals surface area (Å²) in [6, 6.07) is 16.4. The molecule has 2 aromatic carbocycles. The predicted octanol–water partition coefficient (Wildman–Crippen LogP) is 6.88. The van der Waals surface area contributed by atoms with E-state index in [1.54, 1.807) is 35.1 Å². The number of carbonyl (C=O) groups excluding carboxylic acids is 1. The number of nitrogens with one attached hydrogen (secondary N) is 1. The topological polar surface area (TPSA) is 69.3 Å². The summed E-state index contributed by atoms with van der Waals surface area (Å²) in [5, 5.41) is 8.23. The molecule has 0 saturated carbocycles. The quantitative estimate of drug-likeness (QED) is 0.284. The molecule has 2 heterocycles. The Bertz CT molecular complexity index is 1270. The van der Waals surface area contributed by atoms with Crippen molar-refractivity contribution in [3.05, 3.63) is 98.5 Å². The van der Waals surface area contributed by atoms with Gasteiger partial charge >= 0.3 is 0 Å². The molecule has 0 aliphatic carbocycles. The number of nitrogens with zero attached hydrogens (tertiary/aromatic N) is 2. The Kier molecular flexibility index (Phi) is 7.28. The van der Waals surface area contributed by atoms with Gasteiger partial charge in [-0.1, -0.05) is 59.9 Å². The molecule has 0 saturated heterocycles. The Morgan fingerprint density at radius 3 is 2.48 bits per heavy atom. The van der Waals surface area contributed by atoms with Crippen molar-refractivity contribution in [3.63, 3.8) is 0 Å². The van der Waals surface area contributed by atoms with Gasteiger partial charge in [0.25, 0.3) is 5.91 Å². The van der Waals surface area contributed by atoms with Crippen LogP contribution in [0.2, 0.25) is 15.1 Å². The van der Waals surface area contributed by atoms with Crippen LogP contribution in [0.1, 0.15) is 34.4 Å². The van der Waals surface area contributed by atoms with Crippen molar-refractivity contribution in [1.82, 2.24) is 9.78 Å². The van der Waals surface area contributed by atoms with Crippen LogP contribution in [0, 0.1) is 0 Å². The maximum Gasteiger partial charge on any atom is 0.292 e. The minimum Gasteiger partial charge on any atom is -0.486 e. The van der Waals surface area contributed by atoms with Crippen LogP contribution in [-0.4, -0.2) is 15.7 Å². The summed E-state index contributed by atoms with van der Waals surface area (Å²) in [4.78, 5) is 12.6. The van der Waals surface area contributed by atoms with E-state index >= 15 is 0 Å². The third-order valence-corrected chi connectivity index (χ3v) is 5.89. The Labute approximate surface area is 206 Å². The molecule has 1 N–H and O–H groups in total. The van der Waals surface area contributed by atoms with Gasteiger partial charge in [-0.25, -0.2) is 0 Å². The summed E-state index contributed by atoms with van der Waals surface area (Å²) in [6.45, 7) is 2.71. The molecule has 33 heavy (non-hydrogen) atoms. The lowest BCUT2D eigenvalue weighted by Gasteiger charge is -2.05. The standard InChI is InChI=1S/C24H20Cl3N3O3/c1-2-15-3-6-17(7-4-15)32-14-18-8-10-22(33-18)24(31)28-23-21(27)13-30(29-23)12-16-5-9-19(25)20(26)11-16/h3-11,13H,2,12,14H2,1H3,(H,28,29,31). The van der Waals surface area contributed by atoms with E-state index in [-0.39, 0.29) is 18.2 Å². The fraction of sp³-hybridized carbons (Fsp3) is 0.167. The lowest BCUT2D eigenvalue weighted by atomic mass is 10.2. The Morgan fingerprint density at radius 2 is 1.76 bits per heavy atom. The minimum absolute atomic E-state index is 0.130. The number of anilines is 1. The molecule has 0 radical (unpaired) electrons. The minimum atomic E-state index is -0.463. The summed E-state index contributed by atoms with van der Waals surface area (Å²) in [5.41, 5.74) is 2.12. The number of benzene rings is 2. The van der Waals surface area contributed by atoms with Crippen molar-refractivity contribution < 1.29 is 13.9 Å². The summed E-state index contributed by atoms with van der Waals surface area (Å²) in [5.74, 6) is 1.15. The molecule has 4 aromatic rings. The Balaban J connectivity index is 1.36. The van der Waals surface area contributed by atoms with Crippen LogP contribution >= 0.6 is 34.8 Å². The SMILES string of the molecule is CCc1ccc(OCc2ccc(C(=O)Nc3nn(Cc4ccc(Cl)c(Cl)c4)cc3Cl)o2)cc1. The third kappa shape index (κ3) is 5.90. The lowest BCUT2D eigenvalue weighted by molar-refractivity contribution is 0.0992. The van der Waals surface area contributed by atoms with Crippen LogP contribution in [0.15, 0.2) is 65.2 Å². The molecule has 2 aromatic heterocycles. The molecule has 0 aliphatic heterocycles. The first-order valence-corrected chi connectivity index (χ1v) is 11.3. The van der Waals surface area contributed by atoms with Gasteiger partial charge < -0.3 is 14.5 Å². The van der Waals surface area contributed by atoms with E-state index in [9.17, 15) is 4.79 Å². The van der Waals surface area contributed by atoms with Crippen molar-refractivity contribution in [3.8, 4) is 5.75 Å². The van der Waals surface area contributed by atoms with Crippen LogP contribution in [-0.2, 0) is 19.6 Å². The zero-order valence-electron chi connectivity index (χ0n) is 17.6. The molecule has 0 atom stereocenters. The van der Waals surface area contributed by atoms with Gasteiger partial charge in [0.05, 0.1) is 16.6 Å². The molecule has 0 spiro atoms. The summed E-state index contributed by atoms with van der Waals surface area (Å²) >= 11 is 18.3. The number of ether oxygens (including phenoxy) is 1. The first-order chi connectivity index (χ1) is 15.9. The first kappa shape index (κ1) is 23.2. The van der Waals surface area contributed by atoms with Gasteiger partial charge in [0.2, 0.25) is 0 Å². The van der Waals surface area contributed by atoms with Gasteiger partial charge in [-0.05, 0) is 53.9 Å². The molecule has 6 nitrogen and oxygen atoms in total. The maximum atomic E-state index is 12.6. The second-order valence-corrected chi connectivity index (χ2v) is 8.50. The van der Waals surface area contributed by atoms with Crippen molar-refractivity contribution in [1.29, 1.82) is 0 Å². The van der Waals surface area contributed by atoms with Crippen molar-refractivity contribution >= 4 is 46.5 Å². The van der Waals surface area contributed by atoms with E-state index in [4.69, 9.17) is 44.0 Å². The number of aromatic nitrogens is 2. The van der Waals surface area contributed by atoms with Crippen LogP contribution < -0.4 is 10.1 Å². The smallest absolute Gasteiger partial charge is 0.292 e. The highest BCUT2D eigenvalue weighted by atomic mass is 35.5. The van der Waals surface area contributed by atoms with Crippen LogP contribution in [0.25, 0.3) is 0 Å². The van der Waals surface area contributed by atoms with Crippen LogP contribution in [0.4, 0.5) is 5.82 Å². The van der Waals surface area contributed by atoms with E-state index in [2.05, 4.69) is 17.3 Å². The summed E-state index contributed by atoms with van der Waals surface area (Å²) in [6.07, 6.45) is 2.58. The van der Waals surface area contributed by atoms with Crippen molar-refractivity contribution in [2.24, 2.45) is 0 Å². The number of carbonyl (C=O) groups is 1. The van der Waals surface area contributed by atoms with Gasteiger partial charge in [-0.2, -0.15) is 5.10 Å². The molecule has 0 fully saturated rings. The number of rotatable bonds is 8. The molecular formula is C24H20Cl3N3O3. The van der Waals surface area contributed by atoms with Crippen LogP contribution in [0.3, 0.4) is 0 Å². The normalized spacial score (nSPS) is 10.9. The fourth-order valence-corrected chi connectivity index (χ4v) is 3.63. The number of amides is 1. The zero-order valence-corrected chi connectivity index (χ0v) is 19.9. The fourth-order valence-electron chi connectivity index (χ4n) is 3.11. The van der Waals surface area contributed by atoms with E-state index in [1.165, 1.54) is 5.56 Å². The molecule has 0 unspecified atom stereocenters. The van der Waals surface area contributed by atoms with E-state index < -0.39 is 5.91 Å². The average molecular weight is 505 g/mol. The zero-order chi connectivity index (χ0) is 23.4. The highest BCUT2D eigenvalue weighted by Crippen LogP contribution is 2.25. The van der Waals surface area contributed by atoms with Gasteiger partial charge in [-0.3, -0.25) is 9.48 Å². The van der Waals surface area contributed by atoms with E-state index in [1.807, 2.05) is 30.3 Å². The predicted molar refractivity (Wildman–Crippen MR) is 130 cm³/mol. The van der Waals surface area contributed by atoms with E-state index in [0.29, 0.717) is 27.4 Å². The second-order valence-electron chi connectivity index (χ2n) is 7.28. The third-order valence-electron chi connectivity index (χ3n) is 4.88. The number of aryl methyl sites for hydroxylation is 1. The van der Waals surface area contributed by atoms with Crippen LogP contribution in [0.5, 0.6) is 5.75 Å². The first-order valence-electron chi connectivity index (χ1n) is 10.2. The van der Waals surface area contributed by atoms with Gasteiger partial charge in [0, 0.05) is 6.20 Å². The molecule has 1 amide bonds. The lowest BCUT2D eigenvalue weighted by Crippen LogP contribution is -2.12. The van der Waals surface area contributed by atoms with Gasteiger partial charge in [0.15, 0.2) is 11.6 Å². The number of hydrogen-bond acceptors (Lipinski definition) is 4. The monoisotopic (exact) mass is 503 g/mol. The number of furan rings is 1. The Morgan fingerprint density at radius 1 is 1.00 bits per heavy atom. The van der Waals surface area contributed by atoms with E-state index in [0.717, 1.165) is 17.7 Å². The van der Waals surface area contributed by atoms with Crippen molar-refractivity contribution in [2.45, 2.75) is 26.5 Å². The Hall–Kier alpha value is -2.93. The van der Waals surface area contributed by atoms with Gasteiger partial charge in [-0.15, -0.1) is 0 Å². The highest BCUT2D eigenvalue weighted by molar-refractivity contribution is 6.42. The maximum absolute atomic E-state index is 12.6. The average Bonchev–Trinajstić information content (AvgIpc) is 3.42. The molecule has 9 heteroatoms. The van der Waals surface area contributed by atoms with Gasteiger partial charge in [0.1, 0.15) is 23.1 Å². The van der Waals surface area contributed by atoms with Crippen molar-refractivity contribution in [2.75, 3.05) is 5.32 Å². The molecule has 170 valence electrons. The molecular weight excluding hydrogens is 485 g/mol. The number of hydrogen-bond donors (Lipinski definition) is 1. The largest absolute Gasteiger partial charge is 0.486 e.